The molecule has 0 aliphatic heterocycles. The number of fused-ring (bicyclic) bond motifs is 1. The van der Waals surface area contributed by atoms with Crippen LogP contribution in [-0.4, -0.2) is 28.4 Å². The zero-order valence-electron chi connectivity index (χ0n) is 20.9. The molecular formula is C29H25BrCl2N4O3. The van der Waals surface area contributed by atoms with Crippen molar-refractivity contribution in [3.05, 3.63) is 96.9 Å². The largest absolute Gasteiger partial charge is 0.482 e. The Labute approximate surface area is 243 Å². The highest BCUT2D eigenvalue weighted by molar-refractivity contribution is 9.10. The third-order valence-corrected chi connectivity index (χ3v) is 7.63. The van der Waals surface area contributed by atoms with E-state index in [0.717, 1.165) is 25.7 Å². The number of aromatic nitrogens is 2. The van der Waals surface area contributed by atoms with Crippen molar-refractivity contribution in [2.75, 3.05) is 11.9 Å². The van der Waals surface area contributed by atoms with E-state index in [1.807, 2.05) is 18.2 Å². The second kappa shape index (κ2) is 12.3. The van der Waals surface area contributed by atoms with Crippen LogP contribution in [-0.2, 0) is 4.79 Å². The summed E-state index contributed by atoms with van der Waals surface area (Å²) >= 11 is 15.7. The average molecular weight is 628 g/mol. The Balaban J connectivity index is 1.46. The molecule has 1 aliphatic rings. The molecule has 0 atom stereocenters. The van der Waals surface area contributed by atoms with Gasteiger partial charge >= 0.3 is 0 Å². The lowest BCUT2D eigenvalue weighted by Crippen LogP contribution is -2.25. The van der Waals surface area contributed by atoms with E-state index < -0.39 is 0 Å². The van der Waals surface area contributed by atoms with Crippen LogP contribution in [0.1, 0.15) is 49.4 Å². The summed E-state index contributed by atoms with van der Waals surface area (Å²) in [5, 5.41) is 8.87. The Hall–Kier alpha value is -3.20. The van der Waals surface area contributed by atoms with Crippen LogP contribution in [0.5, 0.6) is 5.75 Å². The Kier molecular flexibility index (Phi) is 8.65. The first-order valence-electron chi connectivity index (χ1n) is 12.6. The molecule has 1 saturated carbocycles. The van der Waals surface area contributed by atoms with Crippen molar-refractivity contribution in [1.29, 1.82) is 0 Å². The molecule has 0 saturated heterocycles. The Morgan fingerprint density at radius 1 is 1.08 bits per heavy atom. The first-order valence-corrected chi connectivity index (χ1v) is 14.2. The lowest BCUT2D eigenvalue weighted by atomic mass is 9.88. The van der Waals surface area contributed by atoms with Gasteiger partial charge in [-0.2, -0.15) is 9.78 Å². The Morgan fingerprint density at radius 2 is 1.82 bits per heavy atom. The highest BCUT2D eigenvalue weighted by atomic mass is 79.9. The molecule has 4 aromatic rings. The number of hydrogen-bond acceptors (Lipinski definition) is 5. The summed E-state index contributed by atoms with van der Waals surface area (Å²) in [5.74, 6) is 0.819. The van der Waals surface area contributed by atoms with Crippen LogP contribution in [0.3, 0.4) is 0 Å². The molecule has 1 heterocycles. The topological polar surface area (TPSA) is 85.6 Å². The summed E-state index contributed by atoms with van der Waals surface area (Å²) in [6.07, 6.45) is 6.80. The fraction of sp³-hybridized carbons (Fsp3) is 0.241. The van der Waals surface area contributed by atoms with Gasteiger partial charge in [0.2, 0.25) is 0 Å². The summed E-state index contributed by atoms with van der Waals surface area (Å²) in [7, 11) is 0. The smallest absolute Gasteiger partial charge is 0.282 e. The van der Waals surface area contributed by atoms with Crippen LogP contribution in [0.4, 0.5) is 5.69 Å². The molecule has 200 valence electrons. The molecule has 7 nitrogen and oxygen atoms in total. The Bertz CT molecular complexity index is 1600. The fourth-order valence-corrected chi connectivity index (χ4v) is 5.77. The zero-order chi connectivity index (χ0) is 27.4. The lowest BCUT2D eigenvalue weighted by molar-refractivity contribution is -0.118. The van der Waals surface area contributed by atoms with Crippen molar-refractivity contribution in [3.8, 4) is 5.75 Å². The van der Waals surface area contributed by atoms with Gasteiger partial charge in [-0.25, -0.2) is 4.98 Å². The number of nitrogens with zero attached hydrogens (tertiary/aromatic N) is 3. The molecule has 39 heavy (non-hydrogen) atoms. The highest BCUT2D eigenvalue weighted by Crippen LogP contribution is 2.33. The molecule has 3 aromatic carbocycles. The first kappa shape index (κ1) is 27.4. The maximum atomic E-state index is 13.5. The van der Waals surface area contributed by atoms with Crippen molar-refractivity contribution in [3.63, 3.8) is 0 Å². The van der Waals surface area contributed by atoms with E-state index in [1.165, 1.54) is 17.3 Å². The van der Waals surface area contributed by atoms with E-state index in [2.05, 4.69) is 26.3 Å². The van der Waals surface area contributed by atoms with E-state index >= 15 is 0 Å². The number of benzene rings is 3. The van der Waals surface area contributed by atoms with Crippen LogP contribution in [0.25, 0.3) is 10.9 Å². The van der Waals surface area contributed by atoms with Gasteiger partial charge in [-0.15, -0.1) is 0 Å². The maximum absolute atomic E-state index is 13.5. The molecule has 1 aromatic heterocycles. The fourth-order valence-electron chi connectivity index (χ4n) is 4.69. The third-order valence-electron chi connectivity index (χ3n) is 6.57. The van der Waals surface area contributed by atoms with Gasteiger partial charge in [-0.1, -0.05) is 54.6 Å². The molecule has 0 spiro atoms. The second-order valence-electron chi connectivity index (χ2n) is 9.33. The van der Waals surface area contributed by atoms with Gasteiger partial charge < -0.3 is 10.1 Å². The van der Waals surface area contributed by atoms with E-state index in [0.29, 0.717) is 48.2 Å². The van der Waals surface area contributed by atoms with E-state index in [4.69, 9.17) is 32.9 Å². The maximum Gasteiger partial charge on any atom is 0.282 e. The minimum atomic E-state index is -0.350. The second-order valence-corrected chi connectivity index (χ2v) is 11.1. The highest BCUT2D eigenvalue weighted by Gasteiger charge is 2.22. The minimum Gasteiger partial charge on any atom is -0.482 e. The summed E-state index contributed by atoms with van der Waals surface area (Å²) in [6, 6.07) is 17.4. The number of anilines is 1. The lowest BCUT2D eigenvalue weighted by Gasteiger charge is -2.22. The van der Waals surface area contributed by atoms with E-state index in [1.54, 1.807) is 42.5 Å². The molecule has 0 unspecified atom stereocenters. The number of ether oxygens (including phenoxy) is 1. The minimum absolute atomic E-state index is 0.145. The number of amides is 1. The van der Waals surface area contributed by atoms with Gasteiger partial charge in [0.25, 0.3) is 11.5 Å². The zero-order valence-corrected chi connectivity index (χ0v) is 24.0. The monoisotopic (exact) mass is 626 g/mol. The number of nitrogens with one attached hydrogen (secondary N) is 1. The molecular weight excluding hydrogens is 603 g/mol. The van der Waals surface area contributed by atoms with Gasteiger partial charge in [0, 0.05) is 27.2 Å². The van der Waals surface area contributed by atoms with Gasteiger partial charge in [0.15, 0.2) is 6.61 Å². The van der Waals surface area contributed by atoms with Crippen LogP contribution in [0.15, 0.2) is 75.0 Å². The standard InChI is InChI=1S/C29H25BrCl2N4O3/c30-24-15-21(32)14-19(27(24)39-17-26(37)34-22-12-10-20(31)11-13-22)16-33-36-28(18-6-2-1-3-7-18)35-25-9-5-4-8-23(25)29(36)38/h4-5,8-16,18H,1-3,6-7,17H2,(H,34,37). The molecule has 1 fully saturated rings. The van der Waals surface area contributed by atoms with Crippen LogP contribution in [0.2, 0.25) is 10.0 Å². The first-order chi connectivity index (χ1) is 18.9. The molecule has 5 rings (SSSR count). The van der Waals surface area contributed by atoms with Crippen molar-refractivity contribution in [2.45, 2.75) is 38.0 Å². The van der Waals surface area contributed by atoms with Crippen molar-refractivity contribution in [2.24, 2.45) is 5.10 Å². The number of rotatable bonds is 7. The average Bonchev–Trinajstić information content (AvgIpc) is 2.93. The number of halogens is 3. The molecule has 1 N–H and O–H groups in total. The molecule has 1 amide bonds. The van der Waals surface area contributed by atoms with E-state index in [-0.39, 0.29) is 24.0 Å². The van der Waals surface area contributed by atoms with Crippen molar-refractivity contribution >= 4 is 67.8 Å². The molecule has 1 aliphatic carbocycles. The number of carbonyl (C=O) groups excluding carboxylic acids is 1. The SMILES string of the molecule is O=C(COc1c(Br)cc(Cl)cc1C=Nn1c(C2CCCCC2)nc2ccccc2c1=O)Nc1ccc(Cl)cc1. The van der Waals surface area contributed by atoms with Gasteiger partial charge in [0.1, 0.15) is 11.6 Å². The van der Waals surface area contributed by atoms with Crippen LogP contribution in [0, 0.1) is 0 Å². The quantitative estimate of drug-likeness (QED) is 0.216. The number of carbonyl (C=O) groups is 1. The predicted octanol–water partition coefficient (Wildman–Crippen LogP) is 7.41. The van der Waals surface area contributed by atoms with Crippen molar-refractivity contribution < 1.29 is 9.53 Å². The Morgan fingerprint density at radius 3 is 2.59 bits per heavy atom. The molecule has 0 radical (unpaired) electrons. The summed E-state index contributed by atoms with van der Waals surface area (Å²) in [5.41, 5.74) is 1.53. The number of hydrogen-bond donors (Lipinski definition) is 1. The number of para-hydroxylation sites is 1. The normalized spacial score (nSPS) is 14.1. The summed E-state index contributed by atoms with van der Waals surface area (Å²) in [4.78, 5) is 30.9. The summed E-state index contributed by atoms with van der Waals surface area (Å²) < 4.78 is 7.82. The van der Waals surface area contributed by atoms with Crippen LogP contribution >= 0.6 is 39.1 Å². The third kappa shape index (κ3) is 6.52. The van der Waals surface area contributed by atoms with Gasteiger partial charge in [-0.05, 0) is 77.3 Å². The predicted molar refractivity (Wildman–Crippen MR) is 160 cm³/mol. The van der Waals surface area contributed by atoms with Gasteiger partial charge in [0.05, 0.1) is 21.6 Å². The van der Waals surface area contributed by atoms with Crippen molar-refractivity contribution in [1.82, 2.24) is 9.66 Å². The molecule has 0 bridgehead atoms. The van der Waals surface area contributed by atoms with Gasteiger partial charge in [-0.3, -0.25) is 9.59 Å². The van der Waals surface area contributed by atoms with E-state index in [9.17, 15) is 9.59 Å². The molecule has 10 heteroatoms. The summed E-state index contributed by atoms with van der Waals surface area (Å²) in [6.45, 7) is -0.255. The van der Waals surface area contributed by atoms with Crippen LogP contribution < -0.4 is 15.6 Å².